The van der Waals surface area contributed by atoms with Crippen molar-refractivity contribution in [1.82, 2.24) is 0 Å². The fraction of sp³-hybridized carbons (Fsp3) is 1.00. The first kappa shape index (κ1) is 144. The largest absolute Gasteiger partial charge is 1.00 e. The molecule has 6 heteroatoms. The summed E-state index contributed by atoms with van der Waals surface area (Å²) in [6.45, 7) is 21.8. The number of hydrogen-bond acceptors (Lipinski definition) is 3. The van der Waals surface area contributed by atoms with Crippen LogP contribution in [0.15, 0.2) is 0 Å². The molecule has 0 rings (SSSR count). The second-order valence-electron chi connectivity index (χ2n) is 48.6. The van der Waals surface area contributed by atoms with Gasteiger partial charge in [0.05, 0.1) is 24.2 Å². The summed E-state index contributed by atoms with van der Waals surface area (Å²) in [5.74, 6) is 0. The van der Waals surface area contributed by atoms with E-state index >= 15 is 0 Å². The molecule has 0 spiro atoms. The third-order valence-corrected chi connectivity index (χ3v) is 39.1. The van der Waals surface area contributed by atoms with Gasteiger partial charge in [-0.25, -0.2) is 0 Å². The minimum Gasteiger partial charge on any atom is -1.00 e. The van der Waals surface area contributed by atoms with Crippen molar-refractivity contribution in [3.63, 3.8) is 0 Å². The highest BCUT2D eigenvalue weighted by molar-refractivity contribution is 6.62. The quantitative estimate of drug-likeness (QED) is 0.0345. The SMILES string of the molecule is CCCCCCCCCCCCCCCCC(CC[N+](CCCCCCCCCCCCCCCC)(C(CCCCCCCCCCCCCCCC)(CCCCCCCCCCCCCCCC)CCCCCCCCCCCCCCCC)C(CCCCCCCCCCCCCCCC)(CCCCCCCCCCCCCCCC)CCCCCCCCCCCCCCCC)[Si](OC)(OC)OC.[Cl-]. The van der Waals surface area contributed by atoms with Gasteiger partial charge in [-0.2, -0.15) is 0 Å². The Morgan fingerprint density at radius 3 is 0.380 bits per heavy atom. The number of quaternary nitrogens is 1. The molecule has 0 saturated heterocycles. The number of hydrogen-bond donors (Lipinski definition) is 0. The van der Waals surface area contributed by atoms with E-state index < -0.39 is 8.80 Å². The van der Waals surface area contributed by atoms with Gasteiger partial charge in [0, 0.05) is 71.8 Å². The lowest BCUT2D eigenvalue weighted by Crippen LogP contribution is -3.00. The van der Waals surface area contributed by atoms with Crippen molar-refractivity contribution in [2.45, 2.75) is 843 Å². The van der Waals surface area contributed by atoms with Crippen LogP contribution in [-0.4, -0.2) is 58.8 Å². The topological polar surface area (TPSA) is 27.7 Å². The molecule has 0 aromatic carbocycles. The molecule has 0 bridgehead atoms. The van der Waals surface area contributed by atoms with Crippen LogP contribution in [0.2, 0.25) is 5.54 Å². The Kier molecular flexibility index (Phi) is 122. The predicted molar refractivity (Wildman–Crippen MR) is 645 cm³/mol. The highest BCUT2D eigenvalue weighted by Crippen LogP contribution is 2.54. The van der Waals surface area contributed by atoms with Gasteiger partial charge in [0.25, 0.3) is 0 Å². The van der Waals surface area contributed by atoms with E-state index in [9.17, 15) is 0 Å². The van der Waals surface area contributed by atoms with Gasteiger partial charge in [-0.05, 0) is 57.8 Å². The van der Waals surface area contributed by atoms with Crippen molar-refractivity contribution in [2.24, 2.45) is 0 Å². The second-order valence-corrected chi connectivity index (χ2v) is 51.9. The van der Waals surface area contributed by atoms with Crippen LogP contribution >= 0.6 is 0 Å². The molecule has 0 aliphatic heterocycles. The van der Waals surface area contributed by atoms with Gasteiger partial charge in [0.1, 0.15) is 0 Å². The molecular weight excluding hydrogens is 1760 g/mol. The standard InChI is InChI=1S/C136H278NO3Si.ClH/c1-12-20-28-36-44-52-60-68-76-84-92-100-108-116-124-134(141(138-9,139-10)140-11)125-133-137(132-123-115-107-99-91-83-75-67-59-51-43-35-27-19-8,135(126-117-109-101-93-85-77-69-61-53-45-37-29-21-13-2,127-118-110-102-94-86-78-70-62-54-46-38-30-22-14-3)128-119-111-103-95-87-79-71-63-55-47-39-31-23-15-4)136(129-120-112-104-96-88-80-72-64-56-48-40-32-24-16-5,130-121-113-105-97-89-81-73-65-57-49-41-33-25-17-6)131-122-114-106-98-90-82-74-66-58-50-42-34-26-18-7;/h134H,12-133H2,1-11H3;1H/q+1;/p-1. The average molecular weight is 2040 g/mol. The highest BCUT2D eigenvalue weighted by Gasteiger charge is 2.61. The smallest absolute Gasteiger partial charge is 0.503 e. The van der Waals surface area contributed by atoms with Crippen LogP contribution < -0.4 is 12.4 Å². The summed E-state index contributed by atoms with van der Waals surface area (Å²) >= 11 is 0. The van der Waals surface area contributed by atoms with E-state index in [2.05, 4.69) is 55.4 Å². The zero-order chi connectivity index (χ0) is 102. The molecule has 0 radical (unpaired) electrons. The minimum atomic E-state index is -3.13. The maximum atomic E-state index is 7.12. The number of rotatable bonds is 129. The first-order valence-electron chi connectivity index (χ1n) is 68.3. The van der Waals surface area contributed by atoms with Gasteiger partial charge in [0.2, 0.25) is 0 Å². The Hall–Kier alpha value is 0.347. The van der Waals surface area contributed by atoms with E-state index in [0.29, 0.717) is 5.54 Å². The third kappa shape index (κ3) is 89.7. The summed E-state index contributed by atoms with van der Waals surface area (Å²) in [7, 11) is 3.01. The van der Waals surface area contributed by atoms with E-state index in [1.165, 1.54) is 788 Å². The predicted octanol–water partition coefficient (Wildman–Crippen LogP) is 47.5. The van der Waals surface area contributed by atoms with Crippen molar-refractivity contribution < 1.29 is 30.2 Å². The van der Waals surface area contributed by atoms with E-state index in [4.69, 9.17) is 13.3 Å². The first-order valence-corrected chi connectivity index (χ1v) is 70.1. The normalized spacial score (nSPS) is 12.5. The molecular formula is C136H278ClNO3Si. The second kappa shape index (κ2) is 120. The van der Waals surface area contributed by atoms with Crippen LogP contribution in [0.25, 0.3) is 0 Å². The summed E-state index contributed by atoms with van der Waals surface area (Å²) < 4.78 is 22.8. The Morgan fingerprint density at radius 1 is 0.141 bits per heavy atom. The van der Waals surface area contributed by atoms with Crippen LogP contribution in [0.4, 0.5) is 0 Å². The number of nitrogens with zero attached hydrogens (tertiary/aromatic N) is 1. The van der Waals surface area contributed by atoms with Crippen molar-refractivity contribution in [3.05, 3.63) is 0 Å². The Bertz CT molecular complexity index is 1970. The number of unbranched alkanes of at least 4 members (excludes halogenated alkanes) is 104. The van der Waals surface area contributed by atoms with E-state index in [1.54, 1.807) is 0 Å². The lowest BCUT2D eigenvalue weighted by molar-refractivity contribution is -1.02. The lowest BCUT2D eigenvalue weighted by atomic mass is 9.68. The van der Waals surface area contributed by atoms with Crippen molar-refractivity contribution >= 4 is 8.80 Å². The van der Waals surface area contributed by atoms with Gasteiger partial charge in [0.15, 0.2) is 0 Å². The Balaban J connectivity index is 0. The van der Waals surface area contributed by atoms with E-state index in [1.807, 2.05) is 21.3 Å². The minimum absolute atomic E-state index is 0. The van der Waals surface area contributed by atoms with Crippen LogP contribution in [0, 0.1) is 0 Å². The van der Waals surface area contributed by atoms with Crippen LogP contribution in [0.5, 0.6) is 0 Å². The van der Waals surface area contributed by atoms with Gasteiger partial charge in [-0.1, -0.05) is 723 Å². The molecule has 0 heterocycles. The highest BCUT2D eigenvalue weighted by atomic mass is 35.5. The molecule has 0 aliphatic rings. The van der Waals surface area contributed by atoms with Crippen LogP contribution in [0.3, 0.4) is 0 Å². The summed E-state index contributed by atoms with van der Waals surface area (Å²) in [6.07, 6.45) is 173. The molecule has 1 atom stereocenters. The van der Waals surface area contributed by atoms with Gasteiger partial charge in [-0.15, -0.1) is 0 Å². The summed E-state index contributed by atoms with van der Waals surface area (Å²) in [5.41, 5.74) is 0.785. The first-order chi connectivity index (χ1) is 69.8. The third-order valence-electron chi connectivity index (χ3n) is 35.8. The summed E-state index contributed by atoms with van der Waals surface area (Å²) in [6, 6.07) is 0. The lowest BCUT2D eigenvalue weighted by Gasteiger charge is -2.65. The summed E-state index contributed by atoms with van der Waals surface area (Å²) in [4.78, 5) is 0. The summed E-state index contributed by atoms with van der Waals surface area (Å²) in [5, 5.41) is 0. The van der Waals surface area contributed by atoms with Crippen molar-refractivity contribution in [3.8, 4) is 0 Å². The molecule has 4 nitrogen and oxygen atoms in total. The maximum absolute atomic E-state index is 7.12. The van der Waals surface area contributed by atoms with E-state index in [0.717, 1.165) is 0 Å². The molecule has 0 aromatic rings. The van der Waals surface area contributed by atoms with Crippen LogP contribution in [0.1, 0.15) is 826 Å². The molecule has 856 valence electrons. The molecule has 0 fully saturated rings. The molecule has 0 amide bonds. The fourth-order valence-corrected chi connectivity index (χ4v) is 28.8. The molecule has 0 aliphatic carbocycles. The monoisotopic (exact) mass is 2040 g/mol. The van der Waals surface area contributed by atoms with Gasteiger partial charge >= 0.3 is 8.80 Å². The zero-order valence-electron chi connectivity index (χ0n) is 101. The van der Waals surface area contributed by atoms with Crippen molar-refractivity contribution in [2.75, 3.05) is 34.4 Å². The molecule has 142 heavy (non-hydrogen) atoms. The zero-order valence-corrected chi connectivity index (χ0v) is 103. The fourth-order valence-electron chi connectivity index (χ4n) is 26.3. The van der Waals surface area contributed by atoms with Gasteiger partial charge in [-0.3, -0.25) is 0 Å². The molecule has 0 N–H and O–H groups in total. The Labute approximate surface area is 909 Å². The molecule has 0 aromatic heterocycles. The molecule has 1 unspecified atom stereocenters. The van der Waals surface area contributed by atoms with E-state index in [-0.39, 0.29) is 23.5 Å². The molecule has 0 saturated carbocycles. The average Bonchev–Trinajstić information content (AvgIpc) is 0.716. The van der Waals surface area contributed by atoms with Gasteiger partial charge < -0.3 is 30.2 Å². The van der Waals surface area contributed by atoms with Crippen LogP contribution in [-0.2, 0) is 13.3 Å². The number of halogens is 1. The maximum Gasteiger partial charge on any atom is 0.503 e. The Morgan fingerprint density at radius 2 is 0.254 bits per heavy atom. The van der Waals surface area contributed by atoms with Crippen molar-refractivity contribution in [1.29, 1.82) is 0 Å².